The van der Waals surface area contributed by atoms with Crippen LogP contribution in [0.15, 0.2) is 24.3 Å². The number of carbonyl (C=O) groups excluding carboxylic acids is 1. The number of nitrogens with zero attached hydrogens (tertiary/aromatic N) is 1. The van der Waals surface area contributed by atoms with E-state index in [-0.39, 0.29) is 16.9 Å². The van der Waals surface area contributed by atoms with Gasteiger partial charge < -0.3 is 0 Å². The Bertz CT molecular complexity index is 558. The molecule has 0 aliphatic carbocycles. The third kappa shape index (κ3) is 3.14. The van der Waals surface area contributed by atoms with Gasteiger partial charge in [-0.2, -0.15) is 0 Å². The van der Waals surface area contributed by atoms with Crippen molar-refractivity contribution in [3.05, 3.63) is 35.4 Å². The molecule has 2 rings (SSSR count). The summed E-state index contributed by atoms with van der Waals surface area (Å²) in [5, 5.41) is 0. The van der Waals surface area contributed by atoms with E-state index in [1.54, 1.807) is 0 Å². The summed E-state index contributed by atoms with van der Waals surface area (Å²) in [4.78, 5) is 15.2. The van der Waals surface area contributed by atoms with Gasteiger partial charge in [0.05, 0.1) is 0 Å². The zero-order valence-corrected chi connectivity index (χ0v) is 15.4. The second-order valence-corrected chi connectivity index (χ2v) is 8.07. The van der Waals surface area contributed by atoms with E-state index in [0.717, 1.165) is 28.5 Å². The van der Waals surface area contributed by atoms with Crippen LogP contribution in [0.5, 0.6) is 0 Å². The SMILES string of the molecule is Cc1ccccc1C(=O)C(=[Se])N1C(C)(C)CCCC1(C)C. The van der Waals surface area contributed by atoms with Crippen molar-refractivity contribution in [3.8, 4) is 0 Å². The number of piperidine rings is 1. The Morgan fingerprint density at radius 2 is 1.62 bits per heavy atom. The minimum absolute atomic E-state index is 0.000673. The van der Waals surface area contributed by atoms with Crippen LogP contribution < -0.4 is 0 Å². The van der Waals surface area contributed by atoms with Gasteiger partial charge in [0.15, 0.2) is 0 Å². The van der Waals surface area contributed by atoms with Crippen molar-refractivity contribution in [2.24, 2.45) is 0 Å². The Morgan fingerprint density at radius 1 is 1.10 bits per heavy atom. The fourth-order valence-electron chi connectivity index (χ4n) is 3.59. The summed E-state index contributed by atoms with van der Waals surface area (Å²) in [6.07, 6.45) is 3.44. The summed E-state index contributed by atoms with van der Waals surface area (Å²) in [7, 11) is 0. The summed E-state index contributed by atoms with van der Waals surface area (Å²) < 4.78 is 0.749. The second-order valence-electron chi connectivity index (χ2n) is 7.26. The van der Waals surface area contributed by atoms with Gasteiger partial charge in [-0.1, -0.05) is 0 Å². The van der Waals surface area contributed by atoms with Gasteiger partial charge >= 0.3 is 136 Å². The standard InChI is InChI=1S/C18H25NOSe/c1-13-9-6-7-10-14(13)15(20)16(21)19-17(2,3)11-8-12-18(19,4)5/h6-7,9-10H,8,11-12H2,1-5H3. The predicted octanol–water partition coefficient (Wildman–Crippen LogP) is 3.52. The number of hydrogen-bond donors (Lipinski definition) is 0. The van der Waals surface area contributed by atoms with Crippen LogP contribution in [-0.2, 0) is 0 Å². The topological polar surface area (TPSA) is 20.3 Å². The average Bonchev–Trinajstić information content (AvgIpc) is 2.36. The van der Waals surface area contributed by atoms with E-state index in [1.807, 2.05) is 31.2 Å². The van der Waals surface area contributed by atoms with E-state index in [2.05, 4.69) is 48.2 Å². The number of aryl methyl sites for hydroxylation is 1. The molecule has 0 aromatic heterocycles. The Morgan fingerprint density at radius 3 is 2.14 bits per heavy atom. The first-order chi connectivity index (χ1) is 9.67. The van der Waals surface area contributed by atoms with Crippen LogP contribution in [0.2, 0.25) is 0 Å². The Hall–Kier alpha value is -0.921. The predicted molar refractivity (Wildman–Crippen MR) is 90.1 cm³/mol. The van der Waals surface area contributed by atoms with E-state index in [0.29, 0.717) is 0 Å². The molecule has 0 atom stereocenters. The molecule has 1 saturated heterocycles. The first-order valence-electron chi connectivity index (χ1n) is 7.61. The first-order valence-corrected chi connectivity index (χ1v) is 8.47. The van der Waals surface area contributed by atoms with Crippen LogP contribution in [0.3, 0.4) is 0 Å². The fraction of sp³-hybridized carbons (Fsp3) is 0.556. The minimum atomic E-state index is 0.000673. The molecular formula is C18H25NOSe. The summed E-state index contributed by atoms with van der Waals surface area (Å²) in [5.74, 6) is 0.108. The first kappa shape index (κ1) is 16.4. The Labute approximate surface area is 136 Å². The molecule has 1 heterocycles. The van der Waals surface area contributed by atoms with Crippen LogP contribution in [0.25, 0.3) is 0 Å². The van der Waals surface area contributed by atoms with Gasteiger partial charge in [-0.15, -0.1) is 0 Å². The molecule has 1 fully saturated rings. The molecule has 0 radical (unpaired) electrons. The van der Waals surface area contributed by atoms with Crippen LogP contribution in [0, 0.1) is 6.92 Å². The van der Waals surface area contributed by atoms with E-state index < -0.39 is 0 Å². The molecule has 0 N–H and O–H groups in total. The number of Topliss-reactive ketones (excluding diaryl/α,β-unsaturated/α-hetero) is 1. The third-order valence-corrected chi connectivity index (χ3v) is 5.35. The number of carbonyl (C=O) groups is 1. The fourth-order valence-corrected chi connectivity index (χ4v) is 4.86. The van der Waals surface area contributed by atoms with E-state index in [4.69, 9.17) is 0 Å². The van der Waals surface area contributed by atoms with E-state index in [1.165, 1.54) is 6.42 Å². The van der Waals surface area contributed by atoms with Crippen molar-refractivity contribution in [1.82, 2.24) is 4.90 Å². The second kappa shape index (κ2) is 5.70. The van der Waals surface area contributed by atoms with Crippen LogP contribution in [0.4, 0.5) is 0 Å². The number of benzene rings is 1. The zero-order valence-electron chi connectivity index (χ0n) is 13.7. The molecule has 3 heteroatoms. The van der Waals surface area contributed by atoms with Crippen molar-refractivity contribution in [2.45, 2.75) is 65.0 Å². The van der Waals surface area contributed by atoms with Crippen molar-refractivity contribution >= 4 is 25.9 Å². The monoisotopic (exact) mass is 351 g/mol. The van der Waals surface area contributed by atoms with Gasteiger partial charge in [0.25, 0.3) is 0 Å². The molecule has 0 bridgehead atoms. The molecule has 0 amide bonds. The van der Waals surface area contributed by atoms with Gasteiger partial charge in [-0.05, 0) is 0 Å². The molecule has 21 heavy (non-hydrogen) atoms. The molecular weight excluding hydrogens is 325 g/mol. The number of hydrogen-bond acceptors (Lipinski definition) is 2. The maximum atomic E-state index is 12.9. The average molecular weight is 350 g/mol. The summed E-state index contributed by atoms with van der Waals surface area (Å²) in [6, 6.07) is 7.81. The van der Waals surface area contributed by atoms with Crippen LogP contribution >= 0.6 is 0 Å². The molecule has 1 aliphatic rings. The van der Waals surface area contributed by atoms with Crippen LogP contribution in [0.1, 0.15) is 62.9 Å². The summed E-state index contributed by atoms with van der Waals surface area (Å²) in [5.41, 5.74) is 1.83. The third-order valence-electron chi connectivity index (χ3n) is 4.57. The molecule has 114 valence electrons. The normalized spacial score (nSPS) is 20.1. The van der Waals surface area contributed by atoms with Gasteiger partial charge in [0.2, 0.25) is 0 Å². The summed E-state index contributed by atoms with van der Waals surface area (Å²) >= 11 is 3.08. The number of likely N-dealkylation sites (tertiary alicyclic amines) is 1. The van der Waals surface area contributed by atoms with Crippen molar-refractivity contribution < 1.29 is 4.79 Å². The molecule has 0 spiro atoms. The van der Waals surface area contributed by atoms with Crippen molar-refractivity contribution in [1.29, 1.82) is 0 Å². The zero-order chi connectivity index (χ0) is 15.8. The molecule has 1 aliphatic heterocycles. The van der Waals surface area contributed by atoms with E-state index in [9.17, 15) is 4.79 Å². The molecule has 1 aromatic rings. The maximum absolute atomic E-state index is 12.9. The molecule has 0 unspecified atom stereocenters. The van der Waals surface area contributed by atoms with Gasteiger partial charge in [-0.25, -0.2) is 0 Å². The number of ketones is 1. The number of rotatable bonds is 3. The van der Waals surface area contributed by atoms with Crippen LogP contribution in [-0.4, -0.2) is 41.9 Å². The molecule has 0 saturated carbocycles. The van der Waals surface area contributed by atoms with Gasteiger partial charge in [0, 0.05) is 0 Å². The van der Waals surface area contributed by atoms with Gasteiger partial charge in [-0.3, -0.25) is 0 Å². The molecule has 2 nitrogen and oxygen atoms in total. The Balaban J connectivity index is 2.38. The van der Waals surface area contributed by atoms with Crippen molar-refractivity contribution in [3.63, 3.8) is 0 Å². The summed E-state index contributed by atoms with van der Waals surface area (Å²) in [6.45, 7) is 10.9. The van der Waals surface area contributed by atoms with E-state index >= 15 is 0 Å². The molecule has 1 aromatic carbocycles. The quantitative estimate of drug-likeness (QED) is 0.614. The Kier molecular flexibility index (Phi) is 4.46. The van der Waals surface area contributed by atoms with Crippen molar-refractivity contribution in [2.75, 3.05) is 0 Å². The van der Waals surface area contributed by atoms with Gasteiger partial charge in [0.1, 0.15) is 0 Å².